The molecular weight excluding hydrogens is 372 g/mol. The molecule has 0 saturated heterocycles. The predicted octanol–water partition coefficient (Wildman–Crippen LogP) is 2.85. The third-order valence-corrected chi connectivity index (χ3v) is 4.43. The van der Waals surface area contributed by atoms with Crippen molar-refractivity contribution in [3.63, 3.8) is 0 Å². The smallest absolute Gasteiger partial charge is 0.291 e. The summed E-state index contributed by atoms with van der Waals surface area (Å²) in [7, 11) is 0. The van der Waals surface area contributed by atoms with Crippen LogP contribution in [-0.4, -0.2) is 21.1 Å². The number of nitrogens with zero attached hydrogens (tertiary/aromatic N) is 1. The number of thioether (sulfide) groups is 1. The van der Waals surface area contributed by atoms with Gasteiger partial charge in [0, 0.05) is 5.25 Å². The summed E-state index contributed by atoms with van der Waals surface area (Å²) in [6.07, 6.45) is 0.931. The van der Waals surface area contributed by atoms with Crippen molar-refractivity contribution in [1.82, 2.24) is 9.97 Å². The van der Waals surface area contributed by atoms with Gasteiger partial charge in [0.1, 0.15) is 0 Å². The maximum absolute atomic E-state index is 12.1. The Hall–Kier alpha value is -1.74. The number of hydrogen-bond acceptors (Lipinski definition) is 6. The van der Waals surface area contributed by atoms with E-state index < -0.39 is 11.5 Å². The molecule has 118 valence electrons. The van der Waals surface area contributed by atoms with Gasteiger partial charge in [0.25, 0.3) is 11.5 Å². The van der Waals surface area contributed by atoms with Gasteiger partial charge in [-0.05, 0) is 34.5 Å². The number of aromatic amines is 1. The van der Waals surface area contributed by atoms with Crippen molar-refractivity contribution in [2.24, 2.45) is 0 Å². The molecule has 0 aromatic carbocycles. The van der Waals surface area contributed by atoms with Crippen LogP contribution in [0, 0.1) is 0 Å². The third kappa shape index (κ3) is 3.92. The minimum atomic E-state index is -0.577. The lowest BCUT2D eigenvalue weighted by molar-refractivity contribution is 0.0995. The minimum absolute atomic E-state index is 0.0338. The third-order valence-electron chi connectivity index (χ3n) is 2.85. The number of anilines is 2. The Labute approximate surface area is 139 Å². The van der Waals surface area contributed by atoms with Crippen molar-refractivity contribution in [3.8, 4) is 0 Å². The molecule has 2 aromatic heterocycles. The lowest BCUT2D eigenvalue weighted by atomic mass is 10.4. The second-order valence-electron chi connectivity index (χ2n) is 4.53. The van der Waals surface area contributed by atoms with E-state index in [0.29, 0.717) is 15.1 Å². The van der Waals surface area contributed by atoms with Gasteiger partial charge in [0.15, 0.2) is 27.1 Å². The number of H-pyrrole nitrogens is 1. The molecule has 0 aliphatic heterocycles. The van der Waals surface area contributed by atoms with Gasteiger partial charge >= 0.3 is 0 Å². The quantitative estimate of drug-likeness (QED) is 0.537. The van der Waals surface area contributed by atoms with Crippen LogP contribution in [0.25, 0.3) is 0 Å². The normalized spacial score (nSPS) is 12.1. The molecule has 0 unspecified atom stereocenters. The number of furan rings is 1. The fourth-order valence-corrected chi connectivity index (χ4v) is 2.69. The van der Waals surface area contributed by atoms with E-state index in [-0.39, 0.29) is 17.3 Å². The average Bonchev–Trinajstić information content (AvgIpc) is 2.89. The highest BCUT2D eigenvalue weighted by Crippen LogP contribution is 2.23. The minimum Gasteiger partial charge on any atom is -0.444 e. The number of nitrogens with two attached hydrogens (primary N) is 1. The molecule has 7 nitrogen and oxygen atoms in total. The number of halogens is 1. The van der Waals surface area contributed by atoms with E-state index in [9.17, 15) is 9.59 Å². The monoisotopic (exact) mass is 386 g/mol. The largest absolute Gasteiger partial charge is 0.444 e. The highest BCUT2D eigenvalue weighted by molar-refractivity contribution is 9.10. The van der Waals surface area contributed by atoms with Crippen molar-refractivity contribution in [2.45, 2.75) is 30.7 Å². The van der Waals surface area contributed by atoms with Gasteiger partial charge in [-0.3, -0.25) is 14.6 Å². The number of carbonyl (C=O) groups is 1. The molecular formula is C13H15BrN4O3S. The van der Waals surface area contributed by atoms with Gasteiger partial charge in [-0.1, -0.05) is 25.6 Å². The fraction of sp³-hybridized carbons (Fsp3) is 0.308. The Bertz CT molecular complexity index is 743. The average molecular weight is 387 g/mol. The first-order valence-electron chi connectivity index (χ1n) is 6.53. The summed E-state index contributed by atoms with van der Waals surface area (Å²) in [6.45, 7) is 4.06. The van der Waals surface area contributed by atoms with E-state index in [1.807, 2.05) is 13.8 Å². The van der Waals surface area contributed by atoms with Crippen molar-refractivity contribution in [3.05, 3.63) is 32.9 Å². The second-order valence-corrected chi connectivity index (χ2v) is 6.73. The highest BCUT2D eigenvalue weighted by Gasteiger charge is 2.17. The first kappa shape index (κ1) is 16.6. The summed E-state index contributed by atoms with van der Waals surface area (Å²) in [5, 5.41) is 3.13. The zero-order chi connectivity index (χ0) is 16.3. The predicted molar refractivity (Wildman–Crippen MR) is 89.2 cm³/mol. The molecule has 0 radical (unpaired) electrons. The van der Waals surface area contributed by atoms with Gasteiger partial charge in [-0.2, -0.15) is 0 Å². The topological polar surface area (TPSA) is 114 Å². The molecule has 0 bridgehead atoms. The zero-order valence-electron chi connectivity index (χ0n) is 12.0. The standard InChI is InChI=1S/C13H15BrN4O3S/c1-3-6(2)22-13-17-10(15)9(12(20)18-13)16-11(19)7-4-5-8(14)21-7/h4-6H,3H2,1-2H3,(H,16,19)(H3,15,17,18,20)/t6-/m0/s1. The molecule has 0 aliphatic carbocycles. The lowest BCUT2D eigenvalue weighted by Gasteiger charge is -2.10. The molecule has 9 heteroatoms. The summed E-state index contributed by atoms with van der Waals surface area (Å²) in [5.41, 5.74) is 5.18. The van der Waals surface area contributed by atoms with E-state index in [4.69, 9.17) is 10.2 Å². The molecule has 2 aromatic rings. The van der Waals surface area contributed by atoms with Gasteiger partial charge in [-0.15, -0.1) is 0 Å². The maximum atomic E-state index is 12.1. The molecule has 1 atom stereocenters. The molecule has 0 saturated carbocycles. The maximum Gasteiger partial charge on any atom is 0.291 e. The molecule has 22 heavy (non-hydrogen) atoms. The van der Waals surface area contributed by atoms with Crippen LogP contribution in [0.15, 0.2) is 31.2 Å². The van der Waals surface area contributed by atoms with Gasteiger partial charge < -0.3 is 15.5 Å². The van der Waals surface area contributed by atoms with Crippen LogP contribution in [-0.2, 0) is 0 Å². The van der Waals surface area contributed by atoms with Crippen LogP contribution in [0.3, 0.4) is 0 Å². The Morgan fingerprint density at radius 3 is 2.86 bits per heavy atom. The number of aromatic nitrogens is 2. The molecule has 2 rings (SSSR count). The molecule has 0 spiro atoms. The number of amides is 1. The number of carbonyl (C=O) groups excluding carboxylic acids is 1. The molecule has 2 heterocycles. The van der Waals surface area contributed by atoms with E-state index in [0.717, 1.165) is 6.42 Å². The van der Waals surface area contributed by atoms with Crippen molar-refractivity contribution >= 4 is 45.1 Å². The van der Waals surface area contributed by atoms with Crippen LogP contribution in [0.4, 0.5) is 11.5 Å². The summed E-state index contributed by atoms with van der Waals surface area (Å²) >= 11 is 4.51. The summed E-state index contributed by atoms with van der Waals surface area (Å²) < 4.78 is 5.53. The zero-order valence-corrected chi connectivity index (χ0v) is 14.4. The van der Waals surface area contributed by atoms with Crippen molar-refractivity contribution in [1.29, 1.82) is 0 Å². The van der Waals surface area contributed by atoms with Crippen LogP contribution >= 0.6 is 27.7 Å². The van der Waals surface area contributed by atoms with Crippen LogP contribution in [0.5, 0.6) is 0 Å². The number of hydrogen-bond donors (Lipinski definition) is 3. The Morgan fingerprint density at radius 1 is 1.59 bits per heavy atom. The second kappa shape index (κ2) is 7.01. The van der Waals surface area contributed by atoms with E-state index in [1.165, 1.54) is 17.8 Å². The Kier molecular flexibility index (Phi) is 5.30. The number of nitrogen functional groups attached to an aromatic ring is 1. The number of nitrogens with one attached hydrogen (secondary N) is 2. The van der Waals surface area contributed by atoms with Gasteiger partial charge in [-0.25, -0.2) is 4.98 Å². The molecule has 1 amide bonds. The number of rotatable bonds is 5. The SMILES string of the molecule is CC[C@H](C)Sc1nc(N)c(NC(=O)c2ccc(Br)o2)c(=O)[nH]1. The lowest BCUT2D eigenvalue weighted by Crippen LogP contribution is -2.23. The van der Waals surface area contributed by atoms with Crippen molar-refractivity contribution < 1.29 is 9.21 Å². The molecule has 0 fully saturated rings. The molecule has 0 aliphatic rings. The summed E-state index contributed by atoms with van der Waals surface area (Å²) in [4.78, 5) is 30.7. The van der Waals surface area contributed by atoms with E-state index in [2.05, 4.69) is 31.2 Å². The van der Waals surface area contributed by atoms with E-state index in [1.54, 1.807) is 6.07 Å². The van der Waals surface area contributed by atoms with Gasteiger partial charge in [0.2, 0.25) is 0 Å². The first-order valence-corrected chi connectivity index (χ1v) is 8.21. The fourth-order valence-electron chi connectivity index (χ4n) is 1.53. The molecule has 4 N–H and O–H groups in total. The Morgan fingerprint density at radius 2 is 2.32 bits per heavy atom. The first-order chi connectivity index (χ1) is 10.4. The Balaban J connectivity index is 2.21. The van der Waals surface area contributed by atoms with E-state index >= 15 is 0 Å². The van der Waals surface area contributed by atoms with Crippen LogP contribution < -0.4 is 16.6 Å². The summed E-state index contributed by atoms with van der Waals surface area (Å²) in [6, 6.07) is 3.05. The van der Waals surface area contributed by atoms with Crippen molar-refractivity contribution in [2.75, 3.05) is 11.1 Å². The van der Waals surface area contributed by atoms with Crippen LogP contribution in [0.1, 0.15) is 30.8 Å². The van der Waals surface area contributed by atoms with Crippen LogP contribution in [0.2, 0.25) is 0 Å². The van der Waals surface area contributed by atoms with Gasteiger partial charge in [0.05, 0.1) is 0 Å². The highest BCUT2D eigenvalue weighted by atomic mass is 79.9. The summed E-state index contributed by atoms with van der Waals surface area (Å²) in [5.74, 6) is -0.552.